The number of furan rings is 1. The fourth-order valence-corrected chi connectivity index (χ4v) is 1.11. The maximum absolute atomic E-state index is 10.4. The van der Waals surface area contributed by atoms with Gasteiger partial charge in [0.1, 0.15) is 11.9 Å². The molecule has 1 rings (SSSR count). The summed E-state index contributed by atoms with van der Waals surface area (Å²) in [5.41, 5.74) is 0. The van der Waals surface area contributed by atoms with Crippen molar-refractivity contribution >= 4 is 17.6 Å². The van der Waals surface area contributed by atoms with Crippen LogP contribution in [0.1, 0.15) is 18.3 Å². The molecule has 4 nitrogen and oxygen atoms in total. The average molecular weight is 205 g/mol. The van der Waals surface area contributed by atoms with Gasteiger partial charge in [0, 0.05) is 7.11 Å². The number of aliphatic carboxylic acids is 1. The zero-order valence-corrected chi connectivity index (χ0v) is 7.75. The van der Waals surface area contributed by atoms with E-state index in [2.05, 4.69) is 0 Å². The van der Waals surface area contributed by atoms with Crippen LogP contribution < -0.4 is 0 Å². The molecule has 0 aliphatic carbocycles. The molecule has 0 saturated carbocycles. The van der Waals surface area contributed by atoms with Gasteiger partial charge in [0.2, 0.25) is 0 Å². The van der Waals surface area contributed by atoms with Gasteiger partial charge in [-0.2, -0.15) is 0 Å². The molecule has 5 heteroatoms. The Morgan fingerprint density at radius 1 is 1.77 bits per heavy atom. The molecule has 1 atom stereocenters. The fourth-order valence-electron chi connectivity index (χ4n) is 0.960. The van der Waals surface area contributed by atoms with Gasteiger partial charge in [0.05, 0.1) is 6.42 Å². The van der Waals surface area contributed by atoms with Gasteiger partial charge in [0.25, 0.3) is 0 Å². The average Bonchev–Trinajstić information content (AvgIpc) is 2.47. The lowest BCUT2D eigenvalue weighted by Gasteiger charge is -2.08. The van der Waals surface area contributed by atoms with Crippen molar-refractivity contribution < 1.29 is 19.1 Å². The number of rotatable bonds is 4. The minimum atomic E-state index is -0.945. The van der Waals surface area contributed by atoms with Crippen molar-refractivity contribution in [1.82, 2.24) is 0 Å². The van der Waals surface area contributed by atoms with Crippen molar-refractivity contribution in [2.45, 2.75) is 12.5 Å². The summed E-state index contributed by atoms with van der Waals surface area (Å²) in [4.78, 5) is 10.4. The Kier molecular flexibility index (Phi) is 3.33. The third-order valence-corrected chi connectivity index (χ3v) is 1.76. The summed E-state index contributed by atoms with van der Waals surface area (Å²) in [6, 6.07) is 3.14. The number of methoxy groups -OCH3 is 1. The molecular formula is C8H9ClO4. The predicted molar refractivity (Wildman–Crippen MR) is 45.7 cm³/mol. The molecule has 0 spiro atoms. The second-order valence-electron chi connectivity index (χ2n) is 2.46. The van der Waals surface area contributed by atoms with E-state index in [9.17, 15) is 4.79 Å². The molecule has 1 N–H and O–H groups in total. The Morgan fingerprint density at radius 3 is 2.85 bits per heavy atom. The van der Waals surface area contributed by atoms with Crippen LogP contribution in [0.25, 0.3) is 0 Å². The van der Waals surface area contributed by atoms with Crippen LogP contribution in [0.15, 0.2) is 16.5 Å². The Balaban J connectivity index is 2.72. The Bertz CT molecular complexity index is 294. The number of carbonyl (C=O) groups is 1. The highest BCUT2D eigenvalue weighted by Gasteiger charge is 2.17. The molecule has 13 heavy (non-hydrogen) atoms. The van der Waals surface area contributed by atoms with Gasteiger partial charge in [0.15, 0.2) is 5.22 Å². The van der Waals surface area contributed by atoms with Crippen LogP contribution in [0.5, 0.6) is 0 Å². The third-order valence-electron chi connectivity index (χ3n) is 1.56. The molecule has 0 amide bonds. The second kappa shape index (κ2) is 4.30. The van der Waals surface area contributed by atoms with Gasteiger partial charge in [-0.25, -0.2) is 0 Å². The van der Waals surface area contributed by atoms with Crippen LogP contribution in [0, 0.1) is 0 Å². The zero-order chi connectivity index (χ0) is 9.84. The fraction of sp³-hybridized carbons (Fsp3) is 0.375. The number of halogens is 1. The molecule has 1 heterocycles. The van der Waals surface area contributed by atoms with Crippen LogP contribution in [0.4, 0.5) is 0 Å². The highest BCUT2D eigenvalue weighted by molar-refractivity contribution is 6.28. The normalized spacial score (nSPS) is 12.8. The molecule has 1 aromatic rings. The van der Waals surface area contributed by atoms with E-state index in [0.717, 1.165) is 0 Å². The maximum Gasteiger partial charge on any atom is 0.306 e. The van der Waals surface area contributed by atoms with Crippen LogP contribution in [-0.4, -0.2) is 18.2 Å². The minimum Gasteiger partial charge on any atom is -0.481 e. The number of hydrogen-bond donors (Lipinski definition) is 1. The van der Waals surface area contributed by atoms with E-state index in [0.29, 0.717) is 5.76 Å². The van der Waals surface area contributed by atoms with Crippen LogP contribution in [0.2, 0.25) is 5.22 Å². The van der Waals surface area contributed by atoms with Crippen LogP contribution >= 0.6 is 11.6 Å². The van der Waals surface area contributed by atoms with E-state index in [1.807, 2.05) is 0 Å². The highest BCUT2D eigenvalue weighted by Crippen LogP contribution is 2.24. The topological polar surface area (TPSA) is 59.7 Å². The largest absolute Gasteiger partial charge is 0.481 e. The summed E-state index contributed by atoms with van der Waals surface area (Å²) in [6.07, 6.45) is -0.717. The first-order chi connectivity index (χ1) is 6.13. The predicted octanol–water partition coefficient (Wildman–Crippen LogP) is 2.10. The van der Waals surface area contributed by atoms with E-state index in [1.54, 1.807) is 12.1 Å². The Morgan fingerprint density at radius 2 is 2.46 bits per heavy atom. The molecule has 72 valence electrons. The van der Waals surface area contributed by atoms with Crippen molar-refractivity contribution in [2.24, 2.45) is 0 Å². The highest BCUT2D eigenvalue weighted by atomic mass is 35.5. The lowest BCUT2D eigenvalue weighted by atomic mass is 10.2. The molecule has 0 aliphatic heterocycles. The molecule has 1 aromatic heterocycles. The molecule has 0 aromatic carbocycles. The van der Waals surface area contributed by atoms with Gasteiger partial charge in [-0.3, -0.25) is 4.79 Å². The van der Waals surface area contributed by atoms with Gasteiger partial charge >= 0.3 is 5.97 Å². The number of carboxylic acids is 1. The van der Waals surface area contributed by atoms with Crippen molar-refractivity contribution in [1.29, 1.82) is 0 Å². The first-order valence-corrected chi connectivity index (χ1v) is 4.01. The summed E-state index contributed by atoms with van der Waals surface area (Å²) in [6.45, 7) is 0. The van der Waals surface area contributed by atoms with E-state index in [1.165, 1.54) is 7.11 Å². The summed E-state index contributed by atoms with van der Waals surface area (Å²) in [5, 5.41) is 8.75. The van der Waals surface area contributed by atoms with Crippen molar-refractivity contribution in [3.05, 3.63) is 23.1 Å². The molecule has 0 radical (unpaired) electrons. The van der Waals surface area contributed by atoms with Crippen LogP contribution in [0.3, 0.4) is 0 Å². The quantitative estimate of drug-likeness (QED) is 0.816. The molecule has 1 unspecified atom stereocenters. The summed E-state index contributed by atoms with van der Waals surface area (Å²) in [5.74, 6) is -0.519. The molecule has 0 saturated heterocycles. The number of ether oxygens (including phenoxy) is 1. The Hall–Kier alpha value is -1.00. The van der Waals surface area contributed by atoms with Gasteiger partial charge in [-0.15, -0.1) is 0 Å². The van der Waals surface area contributed by atoms with E-state index >= 15 is 0 Å². The van der Waals surface area contributed by atoms with Crippen molar-refractivity contribution in [3.8, 4) is 0 Å². The first kappa shape index (κ1) is 10.1. The smallest absolute Gasteiger partial charge is 0.306 e. The van der Waals surface area contributed by atoms with Gasteiger partial charge in [-0.05, 0) is 23.7 Å². The Labute approximate surface area is 80.1 Å². The minimum absolute atomic E-state index is 0.139. The summed E-state index contributed by atoms with van der Waals surface area (Å²) >= 11 is 5.53. The van der Waals surface area contributed by atoms with Crippen LogP contribution in [-0.2, 0) is 9.53 Å². The van der Waals surface area contributed by atoms with Gasteiger partial charge < -0.3 is 14.3 Å². The maximum atomic E-state index is 10.4. The number of carboxylic acid groups (broad SMARTS) is 1. The van der Waals surface area contributed by atoms with Gasteiger partial charge in [-0.1, -0.05) is 0 Å². The molecular weight excluding hydrogens is 196 g/mol. The molecule has 0 fully saturated rings. The lowest BCUT2D eigenvalue weighted by Crippen LogP contribution is -2.07. The summed E-state index contributed by atoms with van der Waals surface area (Å²) in [7, 11) is 1.42. The van der Waals surface area contributed by atoms with Crippen molar-refractivity contribution in [3.63, 3.8) is 0 Å². The number of hydrogen-bond acceptors (Lipinski definition) is 3. The standard InChI is InChI=1S/C8H9ClO4/c1-12-6(4-8(10)11)5-2-3-7(9)13-5/h2-3,6H,4H2,1H3,(H,10,11). The molecule has 0 aliphatic rings. The van der Waals surface area contributed by atoms with E-state index < -0.39 is 12.1 Å². The van der Waals surface area contributed by atoms with E-state index in [-0.39, 0.29) is 11.6 Å². The third kappa shape index (κ3) is 2.75. The lowest BCUT2D eigenvalue weighted by molar-refractivity contribution is -0.140. The second-order valence-corrected chi connectivity index (χ2v) is 2.84. The first-order valence-electron chi connectivity index (χ1n) is 3.63. The van der Waals surface area contributed by atoms with E-state index in [4.69, 9.17) is 25.9 Å². The summed E-state index contributed by atoms with van der Waals surface area (Å²) < 4.78 is 9.94. The van der Waals surface area contributed by atoms with Crippen molar-refractivity contribution in [2.75, 3.05) is 7.11 Å². The zero-order valence-electron chi connectivity index (χ0n) is 6.99. The monoisotopic (exact) mass is 204 g/mol. The molecule has 0 bridgehead atoms. The SMILES string of the molecule is COC(CC(=O)O)c1ccc(Cl)o1.